The number of hydrogen-bond acceptors (Lipinski definition) is 10. The molecule has 1 fully saturated rings. The molecule has 210 valence electrons. The summed E-state index contributed by atoms with van der Waals surface area (Å²) in [7, 11) is 0. The maximum atomic E-state index is 13.0. The van der Waals surface area contributed by atoms with E-state index in [1.165, 1.54) is 65.2 Å². The number of alkyl carbamates (subject to hydrolysis) is 1. The van der Waals surface area contributed by atoms with Crippen molar-refractivity contribution in [3.63, 3.8) is 0 Å². The summed E-state index contributed by atoms with van der Waals surface area (Å²) in [4.78, 5) is 60.5. The summed E-state index contributed by atoms with van der Waals surface area (Å²) < 4.78 is 10.6. The highest BCUT2D eigenvalue weighted by Crippen LogP contribution is 2.47. The Labute approximate surface area is 232 Å². The van der Waals surface area contributed by atoms with Gasteiger partial charge in [-0.3, -0.25) is 25.0 Å². The average molecular weight is 571 g/mol. The van der Waals surface area contributed by atoms with E-state index in [1.54, 1.807) is 0 Å². The van der Waals surface area contributed by atoms with E-state index in [0.717, 1.165) is 0 Å². The Morgan fingerprint density at radius 2 is 1.52 bits per heavy atom. The first-order chi connectivity index (χ1) is 19.2. The molecule has 40 heavy (non-hydrogen) atoms. The van der Waals surface area contributed by atoms with Crippen LogP contribution in [0.2, 0.25) is 0 Å². The summed E-state index contributed by atoms with van der Waals surface area (Å²) in [6.07, 6.45) is 0.513. The van der Waals surface area contributed by atoms with Gasteiger partial charge in [-0.05, 0) is 41.8 Å². The van der Waals surface area contributed by atoms with Gasteiger partial charge in [-0.2, -0.15) is 0 Å². The number of rotatable bonds is 12. The quantitative estimate of drug-likeness (QED) is 0.129. The number of amides is 2. The number of ether oxygens (including phenoxy) is 2. The monoisotopic (exact) mass is 570 g/mol. The van der Waals surface area contributed by atoms with Crippen molar-refractivity contribution in [2.75, 3.05) is 12.3 Å². The molecule has 0 saturated carbocycles. The Balaban J connectivity index is 1.30. The van der Waals surface area contributed by atoms with Crippen LogP contribution in [-0.4, -0.2) is 51.1 Å². The molecule has 2 unspecified atom stereocenters. The number of β-lactam (4-membered cyclic amide) rings is 1. The lowest BCUT2D eigenvalue weighted by atomic mass is 9.85. The van der Waals surface area contributed by atoms with Crippen molar-refractivity contribution < 1.29 is 33.7 Å². The fraction of sp³-hybridized carbons (Fsp3) is 0.346. The lowest BCUT2D eigenvalue weighted by Crippen LogP contribution is -2.58. The molecule has 13 nitrogen and oxygen atoms in total. The van der Waals surface area contributed by atoms with E-state index in [-0.39, 0.29) is 54.7 Å². The Bertz CT molecular complexity index is 1340. The molecule has 4 rings (SSSR count). The number of nitro benzene ring substituents is 2. The number of non-ortho nitro benzene ring substituents is 2. The first-order valence-corrected chi connectivity index (χ1v) is 13.4. The molecular formula is C26H26N4O9S. The van der Waals surface area contributed by atoms with Crippen molar-refractivity contribution in [3.8, 4) is 0 Å². The normalized spacial score (nSPS) is 17.6. The van der Waals surface area contributed by atoms with Crippen LogP contribution < -0.4 is 5.32 Å². The average Bonchev–Trinajstić information content (AvgIpc) is 3.28. The van der Waals surface area contributed by atoms with Gasteiger partial charge in [0.05, 0.1) is 21.8 Å². The van der Waals surface area contributed by atoms with Crippen LogP contribution in [0.15, 0.2) is 59.1 Å². The summed E-state index contributed by atoms with van der Waals surface area (Å²) >= 11 is 1.35. The van der Waals surface area contributed by atoms with E-state index >= 15 is 0 Å². The maximum absolute atomic E-state index is 13.0. The van der Waals surface area contributed by atoms with Gasteiger partial charge in [0.15, 0.2) is 0 Å². The summed E-state index contributed by atoms with van der Waals surface area (Å²) in [5.41, 5.74) is 1.24. The topological polar surface area (TPSA) is 171 Å². The third kappa shape index (κ3) is 6.39. The highest BCUT2D eigenvalue weighted by Gasteiger charge is 2.54. The SMILES string of the molecule is CCC1C(=O)N2C(C(=O)OCc3ccc([N+](=O)[O-])cc3)=C(SCCNC(=O)OCc3ccc([N+](=O)[O-])cc3)CC12. The minimum atomic E-state index is -0.660. The van der Waals surface area contributed by atoms with Gasteiger partial charge in [-0.25, -0.2) is 9.59 Å². The highest BCUT2D eigenvalue weighted by atomic mass is 32.2. The minimum absolute atomic E-state index is 0.0516. The van der Waals surface area contributed by atoms with Gasteiger partial charge >= 0.3 is 12.1 Å². The van der Waals surface area contributed by atoms with Gasteiger partial charge in [-0.1, -0.05) is 6.92 Å². The maximum Gasteiger partial charge on any atom is 0.407 e. The van der Waals surface area contributed by atoms with Crippen LogP contribution in [0.1, 0.15) is 30.9 Å². The van der Waals surface area contributed by atoms with Crippen LogP contribution in [0, 0.1) is 26.1 Å². The van der Waals surface area contributed by atoms with Gasteiger partial charge < -0.3 is 19.7 Å². The van der Waals surface area contributed by atoms with Crippen molar-refractivity contribution in [1.29, 1.82) is 0 Å². The second-order valence-electron chi connectivity index (χ2n) is 9.04. The first-order valence-electron chi connectivity index (χ1n) is 12.4. The number of esters is 1. The third-order valence-corrected chi connectivity index (χ3v) is 7.68. The fourth-order valence-corrected chi connectivity index (χ4v) is 5.55. The van der Waals surface area contributed by atoms with Crippen molar-refractivity contribution in [3.05, 3.63) is 90.5 Å². The van der Waals surface area contributed by atoms with E-state index in [4.69, 9.17) is 9.47 Å². The van der Waals surface area contributed by atoms with Crippen molar-refractivity contribution in [2.45, 2.75) is 39.0 Å². The number of nitro groups is 2. The predicted molar refractivity (Wildman–Crippen MR) is 143 cm³/mol. The Hall–Kier alpha value is -4.46. The number of fused-ring (bicyclic) bond motifs is 1. The minimum Gasteiger partial charge on any atom is -0.456 e. The van der Waals surface area contributed by atoms with E-state index < -0.39 is 21.9 Å². The fourth-order valence-electron chi connectivity index (χ4n) is 4.49. The summed E-state index contributed by atoms with van der Waals surface area (Å²) in [6.45, 7) is 1.99. The van der Waals surface area contributed by atoms with Crippen molar-refractivity contribution >= 4 is 41.1 Å². The number of carbonyl (C=O) groups is 3. The molecule has 2 atom stereocenters. The molecule has 2 aromatic carbocycles. The number of benzene rings is 2. The molecule has 14 heteroatoms. The van der Waals surface area contributed by atoms with Gasteiger partial charge in [0, 0.05) is 47.9 Å². The number of thioether (sulfide) groups is 1. The standard InChI is InChI=1S/C26H26N4O9S/c1-2-20-21-13-22(40-12-11-27-26(33)39-15-17-5-9-19(10-6-17)30(36)37)23(28(21)24(20)31)25(32)38-14-16-3-7-18(8-4-16)29(34)35/h3-10,20-21H,2,11-15H2,1H3,(H,27,33). The highest BCUT2D eigenvalue weighted by molar-refractivity contribution is 8.03. The molecule has 2 aromatic rings. The molecule has 0 spiro atoms. The Kier molecular flexibility index (Phi) is 8.99. The van der Waals surface area contributed by atoms with Crippen LogP contribution in [0.4, 0.5) is 16.2 Å². The van der Waals surface area contributed by atoms with Crippen LogP contribution in [0.3, 0.4) is 0 Å². The van der Waals surface area contributed by atoms with Gasteiger partial charge in [-0.15, -0.1) is 11.8 Å². The smallest absolute Gasteiger partial charge is 0.407 e. The second kappa shape index (κ2) is 12.6. The zero-order chi connectivity index (χ0) is 28.8. The molecule has 2 aliphatic heterocycles. The van der Waals surface area contributed by atoms with Gasteiger partial charge in [0.25, 0.3) is 11.4 Å². The lowest BCUT2D eigenvalue weighted by Gasteiger charge is -2.43. The summed E-state index contributed by atoms with van der Waals surface area (Å²) in [5.74, 6) is -0.532. The van der Waals surface area contributed by atoms with E-state index in [9.17, 15) is 34.6 Å². The lowest BCUT2D eigenvalue weighted by molar-refractivity contribution is -0.385. The Morgan fingerprint density at radius 3 is 2.05 bits per heavy atom. The number of nitrogens with zero attached hydrogens (tertiary/aromatic N) is 3. The van der Waals surface area contributed by atoms with E-state index in [0.29, 0.717) is 34.6 Å². The molecule has 0 radical (unpaired) electrons. The first kappa shape index (κ1) is 28.5. The van der Waals surface area contributed by atoms with Gasteiger partial charge in [0.2, 0.25) is 5.91 Å². The zero-order valence-electron chi connectivity index (χ0n) is 21.4. The number of hydrogen-bond donors (Lipinski definition) is 1. The molecule has 2 heterocycles. The summed E-state index contributed by atoms with van der Waals surface area (Å²) in [5, 5.41) is 24.2. The van der Waals surface area contributed by atoms with E-state index in [1.807, 2.05) is 6.92 Å². The molecule has 0 aliphatic carbocycles. The molecule has 2 aliphatic rings. The van der Waals surface area contributed by atoms with E-state index in [2.05, 4.69) is 5.32 Å². The predicted octanol–water partition coefficient (Wildman–Crippen LogP) is 4.06. The second-order valence-corrected chi connectivity index (χ2v) is 10.2. The van der Waals surface area contributed by atoms with Crippen molar-refractivity contribution in [2.24, 2.45) is 5.92 Å². The van der Waals surface area contributed by atoms with Crippen LogP contribution >= 0.6 is 11.8 Å². The zero-order valence-corrected chi connectivity index (χ0v) is 22.3. The molecule has 0 aromatic heterocycles. The molecule has 2 amide bonds. The van der Waals surface area contributed by atoms with Crippen LogP contribution in [0.5, 0.6) is 0 Å². The molecular weight excluding hydrogens is 544 g/mol. The summed E-state index contributed by atoms with van der Waals surface area (Å²) in [6, 6.07) is 11.2. The van der Waals surface area contributed by atoms with Crippen LogP contribution in [0.25, 0.3) is 0 Å². The molecule has 1 N–H and O–H groups in total. The largest absolute Gasteiger partial charge is 0.456 e. The number of carbonyl (C=O) groups excluding carboxylic acids is 3. The molecule has 1 saturated heterocycles. The van der Waals surface area contributed by atoms with Gasteiger partial charge in [0.1, 0.15) is 18.9 Å². The molecule has 0 bridgehead atoms. The van der Waals surface area contributed by atoms with Crippen molar-refractivity contribution in [1.82, 2.24) is 10.2 Å². The number of nitrogens with one attached hydrogen (secondary N) is 1. The Morgan fingerprint density at radius 1 is 0.975 bits per heavy atom. The van der Waals surface area contributed by atoms with Crippen LogP contribution in [-0.2, 0) is 32.3 Å². The third-order valence-electron chi connectivity index (χ3n) is 6.57.